The molecule has 0 amide bonds. The van der Waals surface area contributed by atoms with Gasteiger partial charge in [-0.15, -0.1) is 0 Å². The Morgan fingerprint density at radius 3 is 1.37 bits per heavy atom. The summed E-state index contributed by atoms with van der Waals surface area (Å²) < 4.78 is 10.0. The number of likely N-dealkylation sites (tertiary alicyclic amines) is 2. The maximum Gasteiger partial charge on any atom is 0.331 e. The van der Waals surface area contributed by atoms with E-state index in [-0.39, 0.29) is 36.9 Å². The minimum Gasteiger partial charge on any atom is -0.462 e. The van der Waals surface area contributed by atoms with Crippen LogP contribution in [0.15, 0.2) is 12.2 Å². The zero-order chi connectivity index (χ0) is 21.4. The van der Waals surface area contributed by atoms with Crippen LogP contribution in [0.2, 0.25) is 0 Å². The molecule has 0 bridgehead atoms. The van der Waals surface area contributed by atoms with Crippen molar-refractivity contribution < 1.29 is 39.5 Å². The molecule has 4 rings (SSSR count). The highest BCUT2D eigenvalue weighted by molar-refractivity contribution is 5.91. The first kappa shape index (κ1) is 21.7. The van der Waals surface area contributed by atoms with Crippen molar-refractivity contribution in [1.82, 2.24) is 9.80 Å². The molecule has 2 heterocycles. The highest BCUT2D eigenvalue weighted by Crippen LogP contribution is 2.52. The van der Waals surface area contributed by atoms with Crippen molar-refractivity contribution in [3.05, 3.63) is 12.2 Å². The lowest BCUT2D eigenvalue weighted by Crippen LogP contribution is -2.40. The molecular weight excluding hydrogens is 396 g/mol. The van der Waals surface area contributed by atoms with Crippen LogP contribution in [-0.4, -0.2) is 93.4 Å². The molecule has 10 heteroatoms. The number of carbonyl (C=O) groups is 2. The van der Waals surface area contributed by atoms with Crippen LogP contribution in [-0.2, 0) is 19.1 Å². The molecule has 4 N–H and O–H groups in total. The van der Waals surface area contributed by atoms with Crippen LogP contribution in [0.4, 0.5) is 0 Å². The molecule has 0 aromatic heterocycles. The van der Waals surface area contributed by atoms with Gasteiger partial charge in [0.25, 0.3) is 0 Å². The smallest absolute Gasteiger partial charge is 0.331 e. The third kappa shape index (κ3) is 4.53. The Labute approximate surface area is 174 Å². The first-order valence-electron chi connectivity index (χ1n) is 10.6. The second kappa shape index (κ2) is 8.89. The van der Waals surface area contributed by atoms with Crippen molar-refractivity contribution in [2.24, 2.45) is 23.7 Å². The number of fused-ring (bicyclic) bond motifs is 2. The lowest BCUT2D eigenvalue weighted by atomic mass is 10.3. The quantitative estimate of drug-likeness (QED) is 0.187. The average molecular weight is 426 g/mol. The summed E-state index contributed by atoms with van der Waals surface area (Å²) in [6, 6.07) is 0. The van der Waals surface area contributed by atoms with Crippen LogP contribution in [0.3, 0.4) is 0 Å². The number of esters is 2. The summed E-state index contributed by atoms with van der Waals surface area (Å²) >= 11 is 0. The summed E-state index contributed by atoms with van der Waals surface area (Å²) in [5.74, 6) is -0.694. The summed E-state index contributed by atoms with van der Waals surface area (Å²) in [4.78, 5) is 26.5. The van der Waals surface area contributed by atoms with E-state index in [0.29, 0.717) is 25.9 Å². The van der Waals surface area contributed by atoms with Gasteiger partial charge >= 0.3 is 11.9 Å². The van der Waals surface area contributed by atoms with Crippen LogP contribution in [0.25, 0.3) is 0 Å². The number of rotatable bonds is 10. The minimum atomic E-state index is -0.667. The number of carbonyl (C=O) groups excluding carboxylic acids is 2. The number of hydrogen-bond donors (Lipinski definition) is 4. The van der Waals surface area contributed by atoms with E-state index in [1.54, 1.807) is 9.80 Å². The standard InChI is InChI=1S/C20H30N2O8/c23-15(29-7-1-5-21-17(25)11-9-12(11)18(21)26)3-4-16(24)30-8-2-6-22-19(27)13-10-14(13)20(22)28/h3-4,11-14,17-20,25-28H,1-2,5-10H2/b4-3+. The second-order valence-corrected chi connectivity index (χ2v) is 8.63. The van der Waals surface area contributed by atoms with Crippen LogP contribution in [0.5, 0.6) is 0 Å². The second-order valence-electron chi connectivity index (χ2n) is 8.63. The van der Waals surface area contributed by atoms with Crippen molar-refractivity contribution in [2.45, 2.75) is 50.6 Å². The molecule has 2 aliphatic heterocycles. The Morgan fingerprint density at radius 2 is 1.03 bits per heavy atom. The molecule has 8 atom stereocenters. The Balaban J connectivity index is 1.04. The van der Waals surface area contributed by atoms with Gasteiger partial charge in [0.15, 0.2) is 0 Å². The number of aliphatic hydroxyl groups is 4. The fourth-order valence-corrected chi connectivity index (χ4v) is 4.74. The van der Waals surface area contributed by atoms with Gasteiger partial charge in [0, 0.05) is 48.9 Å². The monoisotopic (exact) mass is 426 g/mol. The topological polar surface area (TPSA) is 140 Å². The zero-order valence-electron chi connectivity index (χ0n) is 16.7. The van der Waals surface area contributed by atoms with E-state index in [1.165, 1.54) is 0 Å². The maximum absolute atomic E-state index is 11.7. The summed E-state index contributed by atoms with van der Waals surface area (Å²) in [6.07, 6.45) is 2.14. The first-order valence-corrected chi connectivity index (χ1v) is 10.6. The van der Waals surface area contributed by atoms with Crippen LogP contribution in [0, 0.1) is 23.7 Å². The summed E-state index contributed by atoms with van der Waals surface area (Å²) in [5, 5.41) is 39.9. The van der Waals surface area contributed by atoms with E-state index in [1.807, 2.05) is 0 Å². The van der Waals surface area contributed by atoms with E-state index in [4.69, 9.17) is 9.47 Å². The zero-order valence-corrected chi connectivity index (χ0v) is 16.7. The van der Waals surface area contributed by atoms with E-state index < -0.39 is 36.9 Å². The highest BCUT2D eigenvalue weighted by atomic mass is 16.5. The molecule has 2 saturated carbocycles. The molecule has 0 spiro atoms. The summed E-state index contributed by atoms with van der Waals surface area (Å²) in [7, 11) is 0. The molecule has 30 heavy (non-hydrogen) atoms. The largest absolute Gasteiger partial charge is 0.462 e. The average Bonchev–Trinajstić information content (AvgIpc) is 3.61. The lowest BCUT2D eigenvalue weighted by molar-refractivity contribution is -0.141. The summed E-state index contributed by atoms with van der Waals surface area (Å²) in [6.45, 7) is 1.09. The number of hydrogen-bond acceptors (Lipinski definition) is 10. The first-order chi connectivity index (χ1) is 14.4. The normalized spacial score (nSPS) is 39.7. The van der Waals surface area contributed by atoms with Gasteiger partial charge in [0.05, 0.1) is 13.2 Å². The molecule has 4 aliphatic rings. The fraction of sp³-hybridized carbons (Fsp3) is 0.800. The van der Waals surface area contributed by atoms with E-state index >= 15 is 0 Å². The predicted molar refractivity (Wildman–Crippen MR) is 101 cm³/mol. The van der Waals surface area contributed by atoms with Crippen molar-refractivity contribution in [3.8, 4) is 0 Å². The lowest BCUT2D eigenvalue weighted by Gasteiger charge is -2.26. The molecule has 0 radical (unpaired) electrons. The number of nitrogens with zero attached hydrogens (tertiary/aromatic N) is 2. The number of piperidine rings is 2. The molecule has 2 aliphatic carbocycles. The van der Waals surface area contributed by atoms with Crippen molar-refractivity contribution in [3.63, 3.8) is 0 Å². The van der Waals surface area contributed by atoms with E-state index in [9.17, 15) is 30.0 Å². The van der Waals surface area contributed by atoms with Gasteiger partial charge < -0.3 is 29.9 Å². The third-order valence-corrected chi connectivity index (χ3v) is 6.64. The highest BCUT2D eigenvalue weighted by Gasteiger charge is 2.58. The van der Waals surface area contributed by atoms with Gasteiger partial charge in [-0.05, 0) is 25.7 Å². The Bertz CT molecular complexity index is 604. The molecule has 8 unspecified atom stereocenters. The van der Waals surface area contributed by atoms with Gasteiger partial charge in [0.1, 0.15) is 24.9 Å². The molecule has 168 valence electrons. The van der Waals surface area contributed by atoms with Crippen LogP contribution in [0.1, 0.15) is 25.7 Å². The van der Waals surface area contributed by atoms with E-state index in [0.717, 1.165) is 25.0 Å². The molecule has 0 aromatic rings. The Hall–Kier alpha value is -1.56. The van der Waals surface area contributed by atoms with Crippen molar-refractivity contribution in [1.29, 1.82) is 0 Å². The van der Waals surface area contributed by atoms with Gasteiger partial charge in [0.2, 0.25) is 0 Å². The molecule has 10 nitrogen and oxygen atoms in total. The third-order valence-electron chi connectivity index (χ3n) is 6.64. The molecule has 0 aromatic carbocycles. The fourth-order valence-electron chi connectivity index (χ4n) is 4.74. The molecule has 4 fully saturated rings. The Morgan fingerprint density at radius 1 is 0.700 bits per heavy atom. The van der Waals surface area contributed by atoms with E-state index in [2.05, 4.69) is 0 Å². The predicted octanol–water partition coefficient (Wildman–Crippen LogP) is -1.41. The maximum atomic E-state index is 11.7. The van der Waals surface area contributed by atoms with Gasteiger partial charge in [-0.2, -0.15) is 0 Å². The van der Waals surface area contributed by atoms with Gasteiger partial charge in [-0.3, -0.25) is 9.80 Å². The van der Waals surface area contributed by atoms with Crippen molar-refractivity contribution >= 4 is 11.9 Å². The van der Waals surface area contributed by atoms with Gasteiger partial charge in [-0.1, -0.05) is 0 Å². The summed E-state index contributed by atoms with van der Waals surface area (Å²) in [5.41, 5.74) is 0. The van der Waals surface area contributed by atoms with Crippen molar-refractivity contribution in [2.75, 3.05) is 26.3 Å². The molecule has 2 saturated heterocycles. The number of aliphatic hydroxyl groups excluding tert-OH is 4. The van der Waals surface area contributed by atoms with Gasteiger partial charge in [-0.25, -0.2) is 9.59 Å². The van der Waals surface area contributed by atoms with Crippen LogP contribution >= 0.6 is 0 Å². The minimum absolute atomic E-state index is 0.117. The SMILES string of the molecule is O=C(/C=C/C(=O)OCCCN1C(O)C2CC2C1O)OCCCN1C(O)C2CC2C1O. The Kier molecular flexibility index (Phi) is 6.42. The van der Waals surface area contributed by atoms with Crippen LogP contribution < -0.4 is 0 Å². The molecular formula is C20H30N2O8. The number of ether oxygens (including phenoxy) is 2.